The fourth-order valence-electron chi connectivity index (χ4n) is 2.35. The summed E-state index contributed by atoms with van der Waals surface area (Å²) in [6.07, 6.45) is 2.46. The number of carbonyl (C=O) groups excluding carboxylic acids is 1. The molecule has 3 heterocycles. The van der Waals surface area contributed by atoms with Gasteiger partial charge >= 0.3 is 11.6 Å². The molecule has 0 aliphatic carbocycles. The first-order valence-corrected chi connectivity index (χ1v) is 8.65. The van der Waals surface area contributed by atoms with Gasteiger partial charge in [0, 0.05) is 0 Å². The lowest BCUT2D eigenvalue weighted by Gasteiger charge is -2.09. The highest BCUT2D eigenvalue weighted by molar-refractivity contribution is 7.22. The van der Waals surface area contributed by atoms with Crippen LogP contribution in [0.3, 0.4) is 0 Å². The molecule has 0 aliphatic rings. The lowest BCUT2D eigenvalue weighted by molar-refractivity contribution is -0.383. The zero-order chi connectivity index (χ0) is 19.5. The van der Waals surface area contributed by atoms with Crippen molar-refractivity contribution in [3.63, 3.8) is 0 Å². The van der Waals surface area contributed by atoms with Crippen LogP contribution in [0.1, 0.15) is 10.6 Å². The van der Waals surface area contributed by atoms with E-state index in [4.69, 9.17) is 4.42 Å². The number of para-hydroxylation sites is 1. The Kier molecular flexibility index (Phi) is 4.51. The maximum absolute atomic E-state index is 11.9. The van der Waals surface area contributed by atoms with E-state index in [0.29, 0.717) is 5.13 Å². The number of carbonyl (C=O) groups is 1. The monoisotopic (exact) mass is 397 g/mol. The van der Waals surface area contributed by atoms with Crippen molar-refractivity contribution in [3.8, 4) is 0 Å². The van der Waals surface area contributed by atoms with E-state index in [2.05, 4.69) is 31.1 Å². The maximum Gasteiger partial charge on any atom is 0.355 e. The molecule has 140 valence electrons. The predicted octanol–water partition coefficient (Wildman–Crippen LogP) is 3.09. The molecule has 3 N–H and O–H groups in total. The van der Waals surface area contributed by atoms with E-state index in [1.54, 1.807) is 6.07 Å². The third-order valence-electron chi connectivity index (χ3n) is 3.56. The zero-order valence-corrected chi connectivity index (χ0v) is 14.8. The molecule has 0 atom stereocenters. The Balaban J connectivity index is 1.59. The number of hydrogen-bond acceptors (Lipinski definition) is 10. The van der Waals surface area contributed by atoms with Gasteiger partial charge < -0.3 is 9.73 Å². The van der Waals surface area contributed by atoms with Crippen LogP contribution in [0.2, 0.25) is 0 Å². The summed E-state index contributed by atoms with van der Waals surface area (Å²) in [5.41, 5.74) is 5.03. The lowest BCUT2D eigenvalue weighted by atomic mass is 10.3. The van der Waals surface area contributed by atoms with Crippen LogP contribution in [0.4, 0.5) is 22.5 Å². The van der Waals surface area contributed by atoms with Crippen molar-refractivity contribution < 1.29 is 14.1 Å². The number of nitrogens with zero attached hydrogens (tertiary/aromatic N) is 4. The van der Waals surface area contributed by atoms with Gasteiger partial charge in [-0.3, -0.25) is 25.8 Å². The zero-order valence-electron chi connectivity index (χ0n) is 13.9. The first-order valence-electron chi connectivity index (χ1n) is 7.83. The number of hydrogen-bond donors (Lipinski definition) is 3. The standard InChI is InChI=1S/C16H11N7O4S/c24-15(10-5-3-7-27-10)22-21-14-12(23(25)26)13(17-8-18-14)20-16-19-9-4-1-2-6-11(9)28-16/h1-8H,(H,22,24)(H2,17,18,19,20,21). The van der Waals surface area contributed by atoms with E-state index in [0.717, 1.165) is 16.5 Å². The summed E-state index contributed by atoms with van der Waals surface area (Å²) in [5.74, 6) is -0.826. The number of furan rings is 1. The summed E-state index contributed by atoms with van der Waals surface area (Å²) in [6, 6.07) is 10.4. The van der Waals surface area contributed by atoms with Gasteiger partial charge in [-0.15, -0.1) is 0 Å². The molecule has 4 rings (SSSR count). The highest BCUT2D eigenvalue weighted by Gasteiger charge is 2.24. The van der Waals surface area contributed by atoms with Crippen molar-refractivity contribution in [3.05, 3.63) is 64.9 Å². The van der Waals surface area contributed by atoms with Crippen LogP contribution in [0.5, 0.6) is 0 Å². The molecule has 0 bridgehead atoms. The van der Waals surface area contributed by atoms with Crippen LogP contribution in [0.25, 0.3) is 10.2 Å². The third-order valence-corrected chi connectivity index (χ3v) is 4.52. The van der Waals surface area contributed by atoms with Crippen molar-refractivity contribution in [1.82, 2.24) is 20.4 Å². The van der Waals surface area contributed by atoms with Gasteiger partial charge in [-0.25, -0.2) is 15.0 Å². The summed E-state index contributed by atoms with van der Waals surface area (Å²) < 4.78 is 5.88. The summed E-state index contributed by atoms with van der Waals surface area (Å²) in [7, 11) is 0. The Morgan fingerprint density at radius 2 is 1.96 bits per heavy atom. The van der Waals surface area contributed by atoms with Gasteiger partial charge in [-0.1, -0.05) is 23.5 Å². The number of anilines is 3. The van der Waals surface area contributed by atoms with Crippen molar-refractivity contribution in [2.45, 2.75) is 0 Å². The summed E-state index contributed by atoms with van der Waals surface area (Å²) in [6.45, 7) is 0. The molecule has 0 aliphatic heterocycles. The van der Waals surface area contributed by atoms with Gasteiger partial charge in [0.1, 0.15) is 6.33 Å². The van der Waals surface area contributed by atoms with Crippen LogP contribution in [-0.4, -0.2) is 25.8 Å². The molecule has 1 aromatic carbocycles. The molecule has 0 saturated carbocycles. The van der Waals surface area contributed by atoms with Crippen LogP contribution in [0.15, 0.2) is 53.4 Å². The summed E-state index contributed by atoms with van der Waals surface area (Å²) >= 11 is 1.33. The molecule has 3 aromatic heterocycles. The number of fused-ring (bicyclic) bond motifs is 1. The van der Waals surface area contributed by atoms with Crippen LogP contribution < -0.4 is 16.2 Å². The second-order valence-corrected chi connectivity index (χ2v) is 6.38. The first kappa shape index (κ1) is 17.4. The number of hydrazine groups is 1. The molecular weight excluding hydrogens is 386 g/mol. The number of nitrogens with one attached hydrogen (secondary N) is 3. The number of benzene rings is 1. The van der Waals surface area contributed by atoms with Crippen LogP contribution >= 0.6 is 11.3 Å². The van der Waals surface area contributed by atoms with Crippen molar-refractivity contribution in [2.24, 2.45) is 0 Å². The molecule has 11 nitrogen and oxygen atoms in total. The van der Waals surface area contributed by atoms with Gasteiger partial charge in [-0.05, 0) is 24.3 Å². The van der Waals surface area contributed by atoms with Crippen molar-refractivity contribution in [1.29, 1.82) is 0 Å². The number of amides is 1. The molecule has 0 fully saturated rings. The van der Waals surface area contributed by atoms with Gasteiger partial charge in [0.25, 0.3) is 0 Å². The molecule has 0 radical (unpaired) electrons. The first-order chi connectivity index (χ1) is 13.6. The van der Waals surface area contributed by atoms with Crippen LogP contribution in [-0.2, 0) is 0 Å². The number of nitro groups is 1. The SMILES string of the molecule is O=C(NNc1ncnc(Nc2nc3ccccc3s2)c1[N+](=O)[O-])c1ccco1. The average molecular weight is 397 g/mol. The van der Waals surface area contributed by atoms with E-state index in [1.165, 1.54) is 23.7 Å². The lowest BCUT2D eigenvalue weighted by Crippen LogP contribution is -2.30. The Morgan fingerprint density at radius 3 is 2.71 bits per heavy atom. The smallest absolute Gasteiger partial charge is 0.355 e. The minimum absolute atomic E-state index is 0.0389. The molecule has 0 saturated heterocycles. The number of rotatable bonds is 6. The van der Waals surface area contributed by atoms with Gasteiger partial charge in [0.15, 0.2) is 10.9 Å². The molecule has 12 heteroatoms. The topological polar surface area (TPSA) is 148 Å². The van der Waals surface area contributed by atoms with E-state index in [1.807, 2.05) is 24.3 Å². The third kappa shape index (κ3) is 3.43. The summed E-state index contributed by atoms with van der Waals surface area (Å²) in [5, 5.41) is 14.9. The molecule has 4 aromatic rings. The van der Waals surface area contributed by atoms with Gasteiger partial charge in [-0.2, -0.15) is 0 Å². The quantitative estimate of drug-likeness (QED) is 0.329. The number of thiazole rings is 1. The Morgan fingerprint density at radius 1 is 1.14 bits per heavy atom. The highest BCUT2D eigenvalue weighted by Crippen LogP contribution is 2.33. The normalized spacial score (nSPS) is 10.6. The highest BCUT2D eigenvalue weighted by atomic mass is 32.1. The fourth-order valence-corrected chi connectivity index (χ4v) is 3.21. The second kappa shape index (κ2) is 7.28. The van der Waals surface area contributed by atoms with Crippen LogP contribution in [0, 0.1) is 10.1 Å². The van der Waals surface area contributed by atoms with E-state index < -0.39 is 16.5 Å². The second-order valence-electron chi connectivity index (χ2n) is 5.34. The molecule has 28 heavy (non-hydrogen) atoms. The minimum atomic E-state index is -0.656. The Hall–Kier alpha value is -4.06. The molecule has 1 amide bonds. The molecule has 0 spiro atoms. The Bertz CT molecular complexity index is 1130. The number of aromatic nitrogens is 3. The minimum Gasteiger partial charge on any atom is -0.459 e. The van der Waals surface area contributed by atoms with E-state index in [-0.39, 0.29) is 17.4 Å². The Labute approximate surface area is 160 Å². The largest absolute Gasteiger partial charge is 0.459 e. The van der Waals surface area contributed by atoms with E-state index >= 15 is 0 Å². The van der Waals surface area contributed by atoms with Crippen molar-refractivity contribution >= 4 is 49.9 Å². The fraction of sp³-hybridized carbons (Fsp3) is 0. The summed E-state index contributed by atoms with van der Waals surface area (Å²) in [4.78, 5) is 35.0. The predicted molar refractivity (Wildman–Crippen MR) is 101 cm³/mol. The van der Waals surface area contributed by atoms with Gasteiger partial charge in [0.2, 0.25) is 11.6 Å². The van der Waals surface area contributed by atoms with Crippen molar-refractivity contribution in [2.75, 3.05) is 10.7 Å². The molecular formula is C16H11N7O4S. The van der Waals surface area contributed by atoms with Gasteiger partial charge in [0.05, 0.1) is 21.4 Å². The maximum atomic E-state index is 11.9. The van der Waals surface area contributed by atoms with E-state index in [9.17, 15) is 14.9 Å². The average Bonchev–Trinajstić information content (AvgIpc) is 3.35. The molecule has 0 unspecified atom stereocenters.